The molecule has 10 nitrogen and oxygen atoms in total. The Morgan fingerprint density at radius 3 is 2.91 bits per heavy atom. The van der Waals surface area contributed by atoms with Gasteiger partial charge in [0.25, 0.3) is 5.56 Å². The minimum atomic E-state index is -4.24. The molecule has 2 aromatic rings. The van der Waals surface area contributed by atoms with Crippen molar-refractivity contribution in [2.45, 2.75) is 37.8 Å². The highest BCUT2D eigenvalue weighted by atomic mass is 31.2. The van der Waals surface area contributed by atoms with Gasteiger partial charge in [0.2, 0.25) is 5.95 Å². The molecule has 1 fully saturated rings. The van der Waals surface area contributed by atoms with E-state index in [1.807, 2.05) is 0 Å². The number of H-pyrrole nitrogens is 1. The SMILES string of the molecule is Nc1nc2c(ncn2[C@@H]2CCCC[C@H]2OCP(=O)(O)O)c(=O)[nH]1. The standard InChI is InChI=1S/C12H18N5O5P/c13-12-15-10-9(11(18)16-12)14-5-17(10)7-3-1-2-4-8(7)22-6-23(19,20)21/h5,7-8H,1-4,6H2,(H2,19,20,21)(H3,13,15,16,18)/t7-,8-/m1/s1. The van der Waals surface area contributed by atoms with Gasteiger partial charge < -0.3 is 24.8 Å². The molecule has 0 saturated heterocycles. The van der Waals surface area contributed by atoms with E-state index in [1.165, 1.54) is 6.33 Å². The molecule has 1 saturated carbocycles. The van der Waals surface area contributed by atoms with Gasteiger partial charge in [0.05, 0.1) is 18.5 Å². The van der Waals surface area contributed by atoms with Crippen molar-refractivity contribution >= 4 is 24.7 Å². The summed E-state index contributed by atoms with van der Waals surface area (Å²) in [6.45, 7) is 0. The van der Waals surface area contributed by atoms with Gasteiger partial charge in [-0.3, -0.25) is 14.3 Å². The van der Waals surface area contributed by atoms with E-state index in [1.54, 1.807) is 4.57 Å². The highest BCUT2D eigenvalue weighted by molar-refractivity contribution is 7.51. The molecule has 0 bridgehead atoms. The van der Waals surface area contributed by atoms with E-state index in [9.17, 15) is 9.36 Å². The molecule has 2 atom stereocenters. The molecule has 11 heteroatoms. The molecule has 0 amide bonds. The van der Waals surface area contributed by atoms with E-state index in [-0.39, 0.29) is 23.6 Å². The molecule has 0 unspecified atom stereocenters. The van der Waals surface area contributed by atoms with Crippen molar-refractivity contribution in [3.8, 4) is 0 Å². The van der Waals surface area contributed by atoms with Crippen molar-refractivity contribution in [2.75, 3.05) is 12.1 Å². The summed E-state index contributed by atoms with van der Waals surface area (Å²) in [4.78, 5) is 40.4. The van der Waals surface area contributed by atoms with Crippen molar-refractivity contribution < 1.29 is 19.1 Å². The van der Waals surface area contributed by atoms with Gasteiger partial charge in [0, 0.05) is 0 Å². The van der Waals surface area contributed by atoms with Gasteiger partial charge in [0.15, 0.2) is 11.2 Å². The van der Waals surface area contributed by atoms with Crippen LogP contribution in [0.5, 0.6) is 0 Å². The average molecular weight is 343 g/mol. The summed E-state index contributed by atoms with van der Waals surface area (Å²) in [7, 11) is -4.24. The molecule has 0 aliphatic heterocycles. The molecule has 23 heavy (non-hydrogen) atoms. The molecule has 0 spiro atoms. The highest BCUT2D eigenvalue weighted by Gasteiger charge is 2.31. The molecular weight excluding hydrogens is 325 g/mol. The molecule has 1 aliphatic carbocycles. The first-order valence-electron chi connectivity index (χ1n) is 7.23. The number of nitrogens with one attached hydrogen (secondary N) is 1. The average Bonchev–Trinajstić information content (AvgIpc) is 2.88. The van der Waals surface area contributed by atoms with Gasteiger partial charge in [-0.25, -0.2) is 4.98 Å². The van der Waals surface area contributed by atoms with Crippen LogP contribution in [0.1, 0.15) is 31.7 Å². The summed E-state index contributed by atoms with van der Waals surface area (Å²) in [5.74, 6) is -0.00672. The third kappa shape index (κ3) is 3.45. The fraction of sp³-hybridized carbons (Fsp3) is 0.583. The predicted molar refractivity (Wildman–Crippen MR) is 81.9 cm³/mol. The zero-order valence-electron chi connectivity index (χ0n) is 12.3. The lowest BCUT2D eigenvalue weighted by atomic mass is 9.92. The maximum atomic E-state index is 11.8. The second kappa shape index (κ2) is 6.04. The smallest absolute Gasteiger partial charge is 0.350 e. The van der Waals surface area contributed by atoms with Crippen molar-refractivity contribution in [2.24, 2.45) is 0 Å². The fourth-order valence-electron chi connectivity index (χ4n) is 2.97. The van der Waals surface area contributed by atoms with Crippen molar-refractivity contribution in [3.63, 3.8) is 0 Å². The first-order chi connectivity index (χ1) is 10.8. The molecule has 0 radical (unpaired) electrons. The number of imidazole rings is 1. The topological polar surface area (TPSA) is 156 Å². The number of ether oxygens (including phenoxy) is 1. The molecule has 1 aliphatic rings. The van der Waals surface area contributed by atoms with E-state index in [4.69, 9.17) is 20.3 Å². The van der Waals surface area contributed by atoms with Crippen LogP contribution in [0, 0.1) is 0 Å². The largest absolute Gasteiger partial charge is 0.369 e. The lowest BCUT2D eigenvalue weighted by molar-refractivity contribution is 0.0121. The summed E-state index contributed by atoms with van der Waals surface area (Å²) >= 11 is 0. The van der Waals surface area contributed by atoms with Gasteiger partial charge in [-0.1, -0.05) is 12.8 Å². The van der Waals surface area contributed by atoms with Crippen molar-refractivity contribution in [1.29, 1.82) is 0 Å². The Morgan fingerprint density at radius 1 is 1.43 bits per heavy atom. The summed E-state index contributed by atoms with van der Waals surface area (Å²) in [5.41, 5.74) is 5.70. The maximum absolute atomic E-state index is 11.8. The van der Waals surface area contributed by atoms with Crippen LogP contribution < -0.4 is 11.3 Å². The summed E-state index contributed by atoms with van der Waals surface area (Å²) in [6, 6.07) is -0.200. The third-order valence-corrected chi connectivity index (χ3v) is 4.42. The molecule has 126 valence electrons. The van der Waals surface area contributed by atoms with Crippen LogP contribution >= 0.6 is 7.60 Å². The fourth-order valence-corrected chi connectivity index (χ4v) is 3.35. The zero-order valence-corrected chi connectivity index (χ0v) is 13.1. The lowest BCUT2D eigenvalue weighted by Gasteiger charge is -2.32. The van der Waals surface area contributed by atoms with E-state index in [2.05, 4.69) is 15.0 Å². The quantitative estimate of drug-likeness (QED) is 0.579. The number of aromatic nitrogens is 4. The Bertz CT molecular complexity index is 812. The highest BCUT2D eigenvalue weighted by Crippen LogP contribution is 2.38. The van der Waals surface area contributed by atoms with E-state index < -0.39 is 19.5 Å². The van der Waals surface area contributed by atoms with Gasteiger partial charge >= 0.3 is 7.60 Å². The molecule has 2 aromatic heterocycles. The van der Waals surface area contributed by atoms with Crippen LogP contribution in [0.25, 0.3) is 11.2 Å². The normalized spacial score (nSPS) is 22.5. The molecule has 0 aromatic carbocycles. The number of nitrogens with zero attached hydrogens (tertiary/aromatic N) is 3. The van der Waals surface area contributed by atoms with E-state index in [0.29, 0.717) is 12.1 Å². The van der Waals surface area contributed by atoms with Crippen LogP contribution in [-0.2, 0) is 9.30 Å². The van der Waals surface area contributed by atoms with Crippen LogP contribution in [-0.4, -0.2) is 41.8 Å². The Hall–Kier alpha value is -1.74. The predicted octanol–water partition coefficient (Wildman–Crippen LogP) is 0.337. The number of fused-ring (bicyclic) bond motifs is 1. The van der Waals surface area contributed by atoms with Crippen LogP contribution in [0.4, 0.5) is 5.95 Å². The summed E-state index contributed by atoms with van der Waals surface area (Å²) in [5, 5.41) is 0. The van der Waals surface area contributed by atoms with E-state index >= 15 is 0 Å². The number of hydrogen-bond donors (Lipinski definition) is 4. The number of nitrogen functional groups attached to an aromatic ring is 1. The minimum absolute atomic E-state index is 0.00672. The third-order valence-electron chi connectivity index (χ3n) is 3.93. The molecule has 2 heterocycles. The number of nitrogens with two attached hydrogens (primary N) is 1. The minimum Gasteiger partial charge on any atom is -0.369 e. The first kappa shape index (κ1) is 16.1. The first-order valence-corrected chi connectivity index (χ1v) is 9.03. The van der Waals surface area contributed by atoms with Gasteiger partial charge in [-0.05, 0) is 12.8 Å². The number of anilines is 1. The number of aromatic amines is 1. The maximum Gasteiger partial charge on any atom is 0.350 e. The van der Waals surface area contributed by atoms with Crippen LogP contribution in [0.3, 0.4) is 0 Å². The number of hydrogen-bond acceptors (Lipinski definition) is 6. The second-order valence-electron chi connectivity index (χ2n) is 5.63. The van der Waals surface area contributed by atoms with Crippen LogP contribution in [0.15, 0.2) is 11.1 Å². The second-order valence-corrected chi connectivity index (χ2v) is 7.21. The Kier molecular flexibility index (Phi) is 4.24. The lowest BCUT2D eigenvalue weighted by Crippen LogP contribution is -2.30. The van der Waals surface area contributed by atoms with Crippen molar-refractivity contribution in [3.05, 3.63) is 16.7 Å². The van der Waals surface area contributed by atoms with Gasteiger partial charge in [-0.15, -0.1) is 0 Å². The van der Waals surface area contributed by atoms with Crippen molar-refractivity contribution in [1.82, 2.24) is 19.5 Å². The molecule has 3 rings (SSSR count). The van der Waals surface area contributed by atoms with Gasteiger partial charge in [0.1, 0.15) is 6.35 Å². The number of rotatable bonds is 4. The summed E-state index contributed by atoms with van der Waals surface area (Å²) in [6.07, 6.45) is 3.75. The molecular formula is C12H18N5O5P. The Balaban J connectivity index is 1.94. The monoisotopic (exact) mass is 343 g/mol. The Labute approximate surface area is 130 Å². The van der Waals surface area contributed by atoms with Gasteiger partial charge in [-0.2, -0.15) is 4.98 Å². The Morgan fingerprint density at radius 2 is 2.17 bits per heavy atom. The van der Waals surface area contributed by atoms with E-state index in [0.717, 1.165) is 19.3 Å². The zero-order chi connectivity index (χ0) is 16.6. The molecule has 5 N–H and O–H groups in total. The summed E-state index contributed by atoms with van der Waals surface area (Å²) < 4.78 is 18.2. The van der Waals surface area contributed by atoms with Crippen LogP contribution in [0.2, 0.25) is 0 Å².